The van der Waals surface area contributed by atoms with Gasteiger partial charge in [-0.15, -0.1) is 17.9 Å². The highest BCUT2D eigenvalue weighted by atomic mass is 35.5. The molecule has 1 saturated heterocycles. The summed E-state index contributed by atoms with van der Waals surface area (Å²) in [5.74, 6) is -0.243. The summed E-state index contributed by atoms with van der Waals surface area (Å²) in [6.07, 6.45) is 3.09. The van der Waals surface area contributed by atoms with E-state index in [1.54, 1.807) is 24.3 Å². The Bertz CT molecular complexity index is 2190. The molecule has 3 N–H and O–H groups in total. The molecule has 314 valence electrons. The molecule has 1 aromatic carbocycles. The number of halogens is 1. The lowest BCUT2D eigenvalue weighted by atomic mass is 9.85. The maximum absolute atomic E-state index is 14.8. The molecule has 59 heavy (non-hydrogen) atoms. The molecule has 4 aliphatic rings. The van der Waals surface area contributed by atoms with E-state index in [4.69, 9.17) is 45.8 Å². The molecule has 15 nitrogen and oxygen atoms in total. The Morgan fingerprint density at radius 1 is 1.10 bits per heavy atom. The average molecular weight is 848 g/mol. The van der Waals surface area contributed by atoms with E-state index >= 15 is 0 Å². The van der Waals surface area contributed by atoms with E-state index in [0.29, 0.717) is 51.4 Å². The fourth-order valence-corrected chi connectivity index (χ4v) is 9.39. The summed E-state index contributed by atoms with van der Waals surface area (Å²) in [7, 11) is 1.25. The SMILES string of the molecule is C=C[C@@H]1C[C@]1(NC(=O)C1C[C@@H](Oc2cc(-c3csc(NC(C)C)n3)nc3c(Cl)c(OCC#N)ccc23)CN1C(=O)[C@@H](NC(=O)OC1C[C@@H]2C[C@@H]2C1)C(C)(C)C)C(=O)OC. The topological polar surface area (TPSA) is 194 Å². The van der Waals surface area contributed by atoms with Gasteiger partial charge in [-0.3, -0.25) is 9.59 Å². The number of hydrogen-bond acceptors (Lipinski definition) is 13. The molecule has 2 aromatic heterocycles. The molecule has 8 atom stereocenters. The number of pyridine rings is 1. The van der Waals surface area contributed by atoms with Crippen LogP contribution < -0.4 is 25.4 Å². The molecule has 1 aliphatic heterocycles. The number of carbonyl (C=O) groups excluding carboxylic acids is 4. The first-order valence-electron chi connectivity index (χ1n) is 19.9. The van der Waals surface area contributed by atoms with Crippen LogP contribution in [0.15, 0.2) is 36.2 Å². The molecule has 2 unspecified atom stereocenters. The highest BCUT2D eigenvalue weighted by Gasteiger charge is 2.62. The van der Waals surface area contributed by atoms with E-state index in [1.165, 1.54) is 29.8 Å². The van der Waals surface area contributed by atoms with E-state index in [1.807, 2.05) is 46.1 Å². The van der Waals surface area contributed by atoms with Gasteiger partial charge in [0.15, 0.2) is 11.7 Å². The molecule has 3 amide bonds. The lowest BCUT2D eigenvalue weighted by Gasteiger charge is -2.35. The number of esters is 1. The monoisotopic (exact) mass is 847 g/mol. The number of anilines is 1. The van der Waals surface area contributed by atoms with Crippen molar-refractivity contribution in [1.82, 2.24) is 25.5 Å². The van der Waals surface area contributed by atoms with Crippen LogP contribution in [0.2, 0.25) is 5.02 Å². The lowest BCUT2D eigenvalue weighted by molar-refractivity contribution is -0.148. The molecule has 3 saturated carbocycles. The van der Waals surface area contributed by atoms with Crippen LogP contribution in [0.1, 0.15) is 66.7 Å². The van der Waals surface area contributed by atoms with Crippen LogP contribution in [0.4, 0.5) is 9.93 Å². The van der Waals surface area contributed by atoms with Crippen molar-refractivity contribution < 1.29 is 38.1 Å². The minimum atomic E-state index is -1.32. The third-order valence-corrected chi connectivity index (χ3v) is 12.6. The predicted octanol–water partition coefficient (Wildman–Crippen LogP) is 6.26. The van der Waals surface area contributed by atoms with Crippen LogP contribution in [0.5, 0.6) is 11.5 Å². The van der Waals surface area contributed by atoms with Gasteiger partial charge in [0.05, 0.1) is 24.9 Å². The Morgan fingerprint density at radius 3 is 2.49 bits per heavy atom. The van der Waals surface area contributed by atoms with E-state index in [0.717, 1.165) is 12.8 Å². The summed E-state index contributed by atoms with van der Waals surface area (Å²) in [6, 6.07) is 4.98. The van der Waals surface area contributed by atoms with Crippen LogP contribution in [-0.2, 0) is 23.9 Å². The number of alkyl carbamates (subject to hydrolysis) is 1. The standard InChI is InChI=1S/C42H50ClN7O8S/c1-8-24-18-42(24,38(53)55-7)49-36(51)30-16-26(19-50(30)37(52)35(41(4,5)6)48-40(54)58-25-14-22-13-23(22)15-25)57-32-17-28(29-20-59-39(47-29)45-21(2)3)46-34-27(32)9-10-31(33(34)43)56-12-11-44/h8-10,17,20-26,30,35H,1,12-16,18-19H2,2-7H3,(H,45,47)(H,48,54)(H,49,51)/t22-,23+,24-,25?,26-,30?,35-,42-/m1/s1. The zero-order valence-corrected chi connectivity index (χ0v) is 35.6. The van der Waals surface area contributed by atoms with Crippen LogP contribution >= 0.6 is 22.9 Å². The molecule has 17 heteroatoms. The maximum Gasteiger partial charge on any atom is 0.408 e. The first kappa shape index (κ1) is 42.0. The van der Waals surface area contributed by atoms with Crippen molar-refractivity contribution in [3.63, 3.8) is 0 Å². The predicted molar refractivity (Wildman–Crippen MR) is 221 cm³/mol. The number of rotatable bonds is 14. The largest absolute Gasteiger partial charge is 0.488 e. The normalized spacial score (nSPS) is 26.0. The highest BCUT2D eigenvalue weighted by molar-refractivity contribution is 7.14. The first-order valence-corrected chi connectivity index (χ1v) is 21.1. The molecule has 4 fully saturated rings. The summed E-state index contributed by atoms with van der Waals surface area (Å²) < 4.78 is 23.2. The maximum atomic E-state index is 14.8. The second-order valence-corrected chi connectivity index (χ2v) is 18.5. The Morgan fingerprint density at radius 2 is 1.85 bits per heavy atom. The number of methoxy groups -OCH3 is 1. The molecule has 0 bridgehead atoms. The van der Waals surface area contributed by atoms with Crippen molar-refractivity contribution in [2.24, 2.45) is 23.2 Å². The van der Waals surface area contributed by atoms with Gasteiger partial charge in [0.25, 0.3) is 0 Å². The lowest BCUT2D eigenvalue weighted by Crippen LogP contribution is -2.59. The summed E-state index contributed by atoms with van der Waals surface area (Å²) in [4.78, 5) is 66.4. The summed E-state index contributed by atoms with van der Waals surface area (Å²) >= 11 is 8.27. The second-order valence-electron chi connectivity index (χ2n) is 17.2. The number of carbonyl (C=O) groups is 4. The van der Waals surface area contributed by atoms with Crippen molar-refractivity contribution in [2.45, 2.75) is 103 Å². The van der Waals surface area contributed by atoms with Gasteiger partial charge in [0.1, 0.15) is 58.1 Å². The highest BCUT2D eigenvalue weighted by Crippen LogP contribution is 2.52. The van der Waals surface area contributed by atoms with Crippen LogP contribution in [0, 0.1) is 34.5 Å². The van der Waals surface area contributed by atoms with Gasteiger partial charge in [-0.05, 0) is 68.9 Å². The Kier molecular flexibility index (Phi) is 11.7. The number of hydrogen-bond donors (Lipinski definition) is 3. The third kappa shape index (κ3) is 8.77. The quantitative estimate of drug-likeness (QED) is 0.122. The minimum absolute atomic E-state index is 0.0369. The van der Waals surface area contributed by atoms with E-state index in [2.05, 4.69) is 22.5 Å². The molecule has 0 spiro atoms. The smallest absolute Gasteiger partial charge is 0.408 e. The average Bonchev–Trinajstić information content (AvgIpc) is 3.85. The number of amides is 3. The fraction of sp³-hybridized carbons (Fsp3) is 0.548. The molecule has 3 heterocycles. The third-order valence-electron chi connectivity index (χ3n) is 11.5. The van der Waals surface area contributed by atoms with Gasteiger partial charge in [-0.1, -0.05) is 38.4 Å². The van der Waals surface area contributed by atoms with E-state index in [9.17, 15) is 19.2 Å². The second kappa shape index (κ2) is 16.5. The van der Waals surface area contributed by atoms with Crippen molar-refractivity contribution >= 4 is 62.8 Å². The van der Waals surface area contributed by atoms with Gasteiger partial charge in [-0.2, -0.15) is 5.26 Å². The van der Waals surface area contributed by atoms with Gasteiger partial charge in [0, 0.05) is 35.2 Å². The summed E-state index contributed by atoms with van der Waals surface area (Å²) in [5.41, 5.74) is -0.774. The number of thiazole rings is 1. The Balaban J connectivity index is 1.22. The number of nitrogens with zero attached hydrogens (tertiary/aromatic N) is 4. The molecular weight excluding hydrogens is 798 g/mol. The summed E-state index contributed by atoms with van der Waals surface area (Å²) in [6.45, 7) is 13.0. The molecule has 0 radical (unpaired) electrons. The number of ether oxygens (including phenoxy) is 4. The first-order chi connectivity index (χ1) is 28.0. The Hall–Kier alpha value is -5.14. The van der Waals surface area contributed by atoms with Gasteiger partial charge in [0.2, 0.25) is 11.8 Å². The van der Waals surface area contributed by atoms with Gasteiger partial charge >= 0.3 is 12.1 Å². The summed E-state index contributed by atoms with van der Waals surface area (Å²) in [5, 5.41) is 21.4. The number of likely N-dealkylation sites (tertiary alicyclic amines) is 1. The number of aromatic nitrogens is 2. The van der Waals surface area contributed by atoms with Gasteiger partial charge < -0.3 is 39.8 Å². The number of fused-ring (bicyclic) bond motifs is 2. The molecule has 7 rings (SSSR count). The van der Waals surface area contributed by atoms with Crippen LogP contribution in [0.3, 0.4) is 0 Å². The Labute approximate surface area is 352 Å². The van der Waals surface area contributed by atoms with Crippen molar-refractivity contribution in [3.05, 3.63) is 41.3 Å². The zero-order valence-electron chi connectivity index (χ0n) is 34.0. The minimum Gasteiger partial charge on any atom is -0.488 e. The molecule has 3 aliphatic carbocycles. The van der Waals surface area contributed by atoms with Gasteiger partial charge in [-0.25, -0.2) is 19.6 Å². The number of nitrogens with one attached hydrogen (secondary N) is 3. The van der Waals surface area contributed by atoms with Crippen LogP contribution in [0.25, 0.3) is 22.3 Å². The molecule has 3 aromatic rings. The van der Waals surface area contributed by atoms with Crippen LogP contribution in [-0.4, -0.2) is 94.9 Å². The van der Waals surface area contributed by atoms with Crippen molar-refractivity contribution in [2.75, 3.05) is 25.6 Å². The molecular formula is C42H50ClN7O8S. The number of nitriles is 1. The van der Waals surface area contributed by atoms with E-state index in [-0.39, 0.29) is 48.4 Å². The van der Waals surface area contributed by atoms with Crippen molar-refractivity contribution in [1.29, 1.82) is 5.26 Å². The van der Waals surface area contributed by atoms with Crippen molar-refractivity contribution in [3.8, 4) is 29.0 Å². The van der Waals surface area contributed by atoms with E-state index < -0.39 is 53.0 Å². The fourth-order valence-electron chi connectivity index (χ4n) is 8.28. The number of benzene rings is 1. The zero-order chi connectivity index (χ0) is 42.4.